The Morgan fingerprint density at radius 2 is 0.435 bits per heavy atom. The molecule has 6 heterocycles. The van der Waals surface area contributed by atoms with Gasteiger partial charge in [-0.15, -0.1) is 0 Å². The molecule has 0 N–H and O–H groups in total. The first-order chi connectivity index (χ1) is 64.5. The second kappa shape index (κ2) is 31.0. The van der Waals surface area contributed by atoms with Crippen LogP contribution in [0.5, 0.6) is 0 Å². The molecule has 622 valence electrons. The Labute approximate surface area is 760 Å². The third-order valence-electron chi connectivity index (χ3n) is 28.4. The van der Waals surface area contributed by atoms with Crippen LogP contribution in [0.1, 0.15) is 61.1 Å². The van der Waals surface area contributed by atoms with Crippen LogP contribution in [0.3, 0.4) is 0 Å². The van der Waals surface area contributed by atoms with Gasteiger partial charge in [0, 0.05) is 82.3 Å². The topological polar surface area (TPSA) is 43.1 Å². The van der Waals surface area contributed by atoms with Gasteiger partial charge < -0.3 is 32.1 Å². The summed E-state index contributed by atoms with van der Waals surface area (Å²) in [5, 5.41) is 12.8. The molecule has 0 spiro atoms. The lowest BCUT2D eigenvalue weighted by Crippen LogP contribution is -2.41. The van der Waals surface area contributed by atoms with Crippen LogP contribution in [0.4, 0.5) is 0 Å². The maximum absolute atomic E-state index is 6.32. The molecule has 8 heteroatoms. The smallest absolute Gasteiger partial charge is 0.399 e. The number of fused-ring (bicyclic) bond motifs is 24. The van der Waals surface area contributed by atoms with Crippen molar-refractivity contribution in [1.82, 2.24) is 22.8 Å². The van der Waals surface area contributed by atoms with Crippen molar-refractivity contribution in [3.63, 3.8) is 0 Å². The predicted octanol–water partition coefficient (Wildman–Crippen LogP) is 30.6. The van der Waals surface area contributed by atoms with Gasteiger partial charge in [-0.05, 0) is 287 Å². The molecule has 0 unspecified atom stereocenters. The highest BCUT2D eigenvalue weighted by molar-refractivity contribution is 6.62. The zero-order valence-electron chi connectivity index (χ0n) is 73.3. The largest absolute Gasteiger partial charge is 0.494 e. The van der Waals surface area contributed by atoms with Crippen LogP contribution in [0.25, 0.3) is 193 Å². The van der Waals surface area contributed by atoms with Crippen molar-refractivity contribution in [2.75, 3.05) is 0 Å². The lowest BCUT2D eigenvalue weighted by molar-refractivity contribution is 0.00578. The Kier molecular flexibility index (Phi) is 18.3. The molecule has 28 rings (SSSR count). The van der Waals surface area contributed by atoms with Gasteiger partial charge in [0.1, 0.15) is 0 Å². The molecule has 3 aliphatic carbocycles. The molecular weight excluding hydrogens is 1590 g/mol. The monoisotopic (exact) mass is 1680 g/mol. The molecule has 5 aromatic heterocycles. The first-order valence-electron chi connectivity index (χ1n) is 45.7. The van der Waals surface area contributed by atoms with E-state index in [1.165, 1.54) is 221 Å². The lowest BCUT2D eigenvalue weighted by atomic mass is 9.79. The molecule has 19 aromatic carbocycles. The van der Waals surface area contributed by atoms with Crippen molar-refractivity contribution in [1.29, 1.82) is 0 Å². The Balaban J connectivity index is 0.0000000971. The lowest BCUT2D eigenvalue weighted by Gasteiger charge is -2.32. The molecule has 1 saturated heterocycles. The maximum Gasteiger partial charge on any atom is 0.494 e. The fourth-order valence-electron chi connectivity index (χ4n) is 21.4. The van der Waals surface area contributed by atoms with E-state index in [1.54, 1.807) is 0 Å². The van der Waals surface area contributed by atoms with E-state index in [4.69, 9.17) is 9.31 Å². The van der Waals surface area contributed by atoms with Gasteiger partial charge in [-0.25, -0.2) is 0 Å². The zero-order chi connectivity index (χ0) is 87.2. The van der Waals surface area contributed by atoms with Gasteiger partial charge in [0.05, 0.1) is 66.4 Å². The summed E-state index contributed by atoms with van der Waals surface area (Å²) in [4.78, 5) is 0. The van der Waals surface area contributed by atoms with E-state index in [1.807, 2.05) is 0 Å². The quantitative estimate of drug-likeness (QED) is 0.142. The molecular formula is C123H90BN5O2. The number of hydrogen-bond donors (Lipinski definition) is 0. The minimum Gasteiger partial charge on any atom is -0.399 e. The number of aromatic nitrogens is 5. The summed E-state index contributed by atoms with van der Waals surface area (Å²) in [5.74, 6) is 0. The van der Waals surface area contributed by atoms with Gasteiger partial charge in [0.2, 0.25) is 0 Å². The Bertz CT molecular complexity index is 8590. The number of nitrogens with zero attached hydrogens (tertiary/aromatic N) is 5. The predicted molar refractivity (Wildman–Crippen MR) is 549 cm³/mol. The molecule has 131 heavy (non-hydrogen) atoms. The molecule has 0 saturated carbocycles. The van der Waals surface area contributed by atoms with Crippen LogP contribution in [0, 0.1) is 0 Å². The fraction of sp³-hybridized carbons (Fsp3) is 0.0732. The second-order valence-corrected chi connectivity index (χ2v) is 36.4. The summed E-state index contributed by atoms with van der Waals surface area (Å²) in [6.45, 7) is 8.37. The molecule has 1 aliphatic heterocycles. The average Bonchev–Trinajstić information content (AvgIpc) is 1.58. The molecule has 0 amide bonds. The summed E-state index contributed by atoms with van der Waals surface area (Å²) >= 11 is 0. The van der Waals surface area contributed by atoms with Gasteiger partial charge in [0.15, 0.2) is 0 Å². The summed E-state index contributed by atoms with van der Waals surface area (Å²) in [6, 6.07) is 159. The zero-order valence-corrected chi connectivity index (χ0v) is 73.3. The maximum atomic E-state index is 6.32. The number of hydrogen-bond acceptors (Lipinski definition) is 2. The van der Waals surface area contributed by atoms with E-state index in [0.29, 0.717) is 0 Å². The molecule has 0 radical (unpaired) electrons. The van der Waals surface area contributed by atoms with E-state index in [0.717, 1.165) is 30.4 Å². The van der Waals surface area contributed by atoms with Crippen molar-refractivity contribution < 1.29 is 9.31 Å². The normalized spacial score (nSPS) is 13.6. The molecule has 1 fully saturated rings. The number of para-hydroxylation sites is 9. The van der Waals surface area contributed by atoms with Crippen LogP contribution >= 0.6 is 0 Å². The highest BCUT2D eigenvalue weighted by Crippen LogP contribution is 2.47. The number of benzene rings is 19. The van der Waals surface area contributed by atoms with Crippen molar-refractivity contribution in [2.45, 2.75) is 58.2 Å². The van der Waals surface area contributed by atoms with Gasteiger partial charge in [-0.2, -0.15) is 0 Å². The van der Waals surface area contributed by atoms with Gasteiger partial charge in [-0.1, -0.05) is 291 Å². The summed E-state index contributed by atoms with van der Waals surface area (Å²) in [7, 11) is -0.381. The second-order valence-electron chi connectivity index (χ2n) is 36.4. The van der Waals surface area contributed by atoms with Crippen LogP contribution in [-0.2, 0) is 28.6 Å². The highest BCUT2D eigenvalue weighted by atomic mass is 16.7. The van der Waals surface area contributed by atoms with Gasteiger partial charge in [-0.3, -0.25) is 0 Å². The minimum absolute atomic E-state index is 0.371. The van der Waals surface area contributed by atoms with Crippen LogP contribution in [0.15, 0.2) is 437 Å². The van der Waals surface area contributed by atoms with Crippen molar-refractivity contribution in [3.8, 4) is 84.1 Å². The SMILES string of the molecule is CC1(C)OB(c2ccc(-n3c4ccccc4c4cc(-c5ccc6c(c5)c5ccccc5n6-c5ccccc5)ccc43)cc2)OC1(C)C.c1ccc(-n2c3ccccc3c3cc(-c4ccc5c(c4)-c4ccccc4C5)ccc32)cc1.c1ccc2c(c1)Cc1cc(-n3c4ccccc4c4ccccc43)ccc1-2.c1ccc2c(c1)Cc1ccc(-n3c4ccccc4c4ccccc43)cc1-2. The van der Waals surface area contributed by atoms with Crippen molar-refractivity contribution >= 4 is 122 Å². The molecule has 4 aliphatic rings. The molecule has 0 bridgehead atoms. The van der Waals surface area contributed by atoms with E-state index < -0.39 is 0 Å². The standard InChI is InChI=1S/C42H35BN2O2.C31H21N.2C25H17N/c1-41(2)42(3,4)47-43(46-41)30-20-22-32(23-21-30)45-38-17-11-9-15-34(38)36-27-29(19-25-40(36)45)28-18-24-39-35(26-28)33-14-8-10-16-37(33)44(39)31-12-6-5-7-13-31;1-2-9-25(10-3-1)32-30-13-7-6-12-27(30)29-20-22(16-17-31(29)32)21-14-15-24-18-23-8-4-5-11-26(23)28(24)19-21;1-2-8-20-17(7-1)15-18-16-19(13-14-21(18)20)26-24-11-5-3-9-22(24)23-10-4-6-12-25(23)26;1-2-8-20-17(7-1)15-18-13-14-19(16-23(18)20)26-24-11-5-3-9-21(24)22-10-4-6-12-25(22)26/h5-27H,1-4H3;1-17,19-20H,18H2;2*1-14,16H,15H2. The third-order valence-corrected chi connectivity index (χ3v) is 28.4. The minimum atomic E-state index is -0.381. The Morgan fingerprint density at radius 1 is 0.183 bits per heavy atom. The summed E-state index contributed by atoms with van der Waals surface area (Å²) in [6.07, 6.45) is 3.10. The van der Waals surface area contributed by atoms with E-state index in [9.17, 15) is 0 Å². The Morgan fingerprint density at radius 3 is 0.832 bits per heavy atom. The summed E-state index contributed by atoms with van der Waals surface area (Å²) < 4.78 is 24.5. The van der Waals surface area contributed by atoms with Crippen molar-refractivity contribution in [2.24, 2.45) is 0 Å². The van der Waals surface area contributed by atoms with E-state index in [-0.39, 0.29) is 18.3 Å². The fourth-order valence-corrected chi connectivity index (χ4v) is 21.4. The van der Waals surface area contributed by atoms with Gasteiger partial charge >= 0.3 is 7.12 Å². The Hall–Kier alpha value is -15.8. The van der Waals surface area contributed by atoms with Crippen LogP contribution in [0.2, 0.25) is 0 Å². The number of rotatable bonds is 8. The third kappa shape index (κ3) is 12.9. The van der Waals surface area contributed by atoms with E-state index >= 15 is 0 Å². The molecule has 24 aromatic rings. The molecule has 7 nitrogen and oxygen atoms in total. The average molecular weight is 1680 g/mol. The molecule has 0 atom stereocenters. The summed E-state index contributed by atoms with van der Waals surface area (Å²) in [5.41, 5.74) is 40.4. The highest BCUT2D eigenvalue weighted by Gasteiger charge is 2.52. The van der Waals surface area contributed by atoms with Crippen molar-refractivity contribution in [3.05, 3.63) is 470 Å². The first kappa shape index (κ1) is 77.5. The van der Waals surface area contributed by atoms with Crippen LogP contribution < -0.4 is 5.46 Å². The first-order valence-corrected chi connectivity index (χ1v) is 45.7. The van der Waals surface area contributed by atoms with Gasteiger partial charge in [0.25, 0.3) is 0 Å². The van der Waals surface area contributed by atoms with Crippen LogP contribution in [-0.4, -0.2) is 41.2 Å². The van der Waals surface area contributed by atoms with E-state index in [2.05, 4.69) is 487 Å².